The lowest BCUT2D eigenvalue weighted by Crippen LogP contribution is -2.12. The van der Waals surface area contributed by atoms with Gasteiger partial charge in [-0.3, -0.25) is 23.4 Å². The highest BCUT2D eigenvalue weighted by atomic mass is 32.2. The van der Waals surface area contributed by atoms with E-state index >= 15 is 0 Å². The van der Waals surface area contributed by atoms with Gasteiger partial charge in [0.2, 0.25) is 0 Å². The van der Waals surface area contributed by atoms with Gasteiger partial charge in [0.05, 0.1) is 79.7 Å². The summed E-state index contributed by atoms with van der Waals surface area (Å²) in [5.74, 6) is -2.49. The molecule has 0 aliphatic heterocycles. The van der Waals surface area contributed by atoms with Gasteiger partial charge in [-0.2, -0.15) is 16.8 Å². The third kappa shape index (κ3) is 12.6. The van der Waals surface area contributed by atoms with Crippen molar-refractivity contribution < 1.29 is 97.6 Å². The van der Waals surface area contributed by atoms with Gasteiger partial charge in [-0.25, -0.2) is 24.2 Å². The zero-order valence-corrected chi connectivity index (χ0v) is 38.7. The molecule has 9 N–H and O–H groups in total. The molecule has 6 rings (SSSR count). The number of phenols is 2. The predicted octanol–water partition coefficient (Wildman–Crippen LogP) is 9.27. The van der Waals surface area contributed by atoms with Crippen LogP contribution in [0.25, 0.3) is 21.5 Å². The first-order valence-corrected chi connectivity index (χ1v) is 24.7. The minimum absolute atomic E-state index is 0.00444. The molecule has 0 radical (unpaired) electrons. The van der Waals surface area contributed by atoms with Gasteiger partial charge in [0.25, 0.3) is 25.9 Å². The molecule has 0 saturated carbocycles. The Morgan fingerprint density at radius 1 is 0.643 bits per heavy atom. The number of azo groups is 3. The van der Waals surface area contributed by atoms with E-state index in [0.717, 1.165) is 42.5 Å². The van der Waals surface area contributed by atoms with E-state index in [1.807, 2.05) is 0 Å². The maximum absolute atomic E-state index is 12.9. The first-order chi connectivity index (χ1) is 33.2. The van der Waals surface area contributed by atoms with Crippen LogP contribution in [0.5, 0.6) is 11.5 Å². The number of non-ortho nitro benzene ring substituents is 1. The van der Waals surface area contributed by atoms with Crippen LogP contribution in [0.2, 0.25) is 0 Å². The minimum atomic E-state index is -5.23. The molecule has 0 aromatic heterocycles. The summed E-state index contributed by atoms with van der Waals surface area (Å²) < 4.78 is 114. The SMILES string of the molecule is Nc1c(N=Nc2ccc(N=Nc3ccc(S(=O)(=O)CCOSOOO)cc3S(=O)(=O)O)c3ccc(SOOO)cc23)c(SOOO)cc2cc(S(=O)(=O)O)c(N=Nc3ccc([N+](=O)[O-])cc3O)c(O)c12. The molecule has 370 valence electrons. The van der Waals surface area contributed by atoms with Crippen LogP contribution in [0.1, 0.15) is 0 Å². The van der Waals surface area contributed by atoms with E-state index in [1.165, 1.54) is 30.3 Å². The molecule has 0 fully saturated rings. The number of nitro groups is 1. The number of aromatic hydroxyl groups is 2. The second-order valence-electron chi connectivity index (χ2n) is 13.0. The molecular weight excluding hydrogens is 1060 g/mol. The van der Waals surface area contributed by atoms with Crippen LogP contribution in [0.4, 0.5) is 45.5 Å². The molecule has 0 saturated heterocycles. The van der Waals surface area contributed by atoms with Gasteiger partial charge in [-0.1, -0.05) is 21.2 Å². The van der Waals surface area contributed by atoms with E-state index in [-0.39, 0.29) is 72.8 Å². The second kappa shape index (κ2) is 22.7. The maximum atomic E-state index is 12.9. The Morgan fingerprint density at radius 2 is 1.24 bits per heavy atom. The Hall–Kier alpha value is -6.14. The van der Waals surface area contributed by atoms with Crippen molar-refractivity contribution in [1.29, 1.82) is 0 Å². The topological polar surface area (TPSA) is 452 Å². The number of sulfone groups is 1. The zero-order valence-electron chi connectivity index (χ0n) is 33.8. The Balaban J connectivity index is 1.46. The summed E-state index contributed by atoms with van der Waals surface area (Å²) in [5, 5.41) is 93.2. The van der Waals surface area contributed by atoms with E-state index in [9.17, 15) is 54.7 Å². The van der Waals surface area contributed by atoms with Crippen LogP contribution in [0.3, 0.4) is 0 Å². The number of nitrogens with two attached hydrogens (primary N) is 1. The third-order valence-corrected chi connectivity index (χ3v) is 13.9. The fraction of sp³-hybridized carbons (Fsp3) is 0.0588. The van der Waals surface area contributed by atoms with Crippen molar-refractivity contribution in [2.24, 2.45) is 30.7 Å². The largest absolute Gasteiger partial charge is 0.505 e. The lowest BCUT2D eigenvalue weighted by Gasteiger charge is -2.14. The average Bonchev–Trinajstić information content (AvgIpc) is 3.30. The van der Waals surface area contributed by atoms with Crippen molar-refractivity contribution in [2.75, 3.05) is 18.1 Å². The summed E-state index contributed by atoms with van der Waals surface area (Å²) in [6.45, 7) is -0.509. The zero-order chi connectivity index (χ0) is 51.0. The molecule has 0 aliphatic carbocycles. The van der Waals surface area contributed by atoms with E-state index in [1.54, 1.807) is 0 Å². The molecule has 30 nitrogen and oxygen atoms in total. The number of hydrogen-bond acceptors (Lipinski definition) is 30. The highest BCUT2D eigenvalue weighted by Gasteiger charge is 2.27. The Labute approximate surface area is 402 Å². The standard InChI is InChI=1S/C34H26N8O22S6/c35-31-30-16(12-29(70(55,56)57)33(34(30)44)41-38-24-5-1-17(42(45)46)13-26(24)43)11-27(66-63-60-48)32(31)40-37-23-8-7-22(20-4-2-18(14-21(20)23)65-62-59-47)36-39-25-6-3-19(15-28(25)69(52,53)54)68(50,51)10-9-58-67-64-61-49/h1-8,11-15,43-44,47-49H,9-10,35H2,(H,52,53,54)(H,55,56,57). The molecule has 0 atom stereocenters. The fourth-order valence-electron chi connectivity index (χ4n) is 5.93. The van der Waals surface area contributed by atoms with Crippen molar-refractivity contribution in [3.05, 3.63) is 89.0 Å². The summed E-state index contributed by atoms with van der Waals surface area (Å²) >= 11 is 0.890. The quantitative estimate of drug-likeness (QED) is 0.00458. The molecule has 6 aromatic rings. The van der Waals surface area contributed by atoms with Crippen LogP contribution >= 0.6 is 36.4 Å². The van der Waals surface area contributed by atoms with Gasteiger partial charge < -0.3 is 15.9 Å². The molecule has 0 spiro atoms. The van der Waals surface area contributed by atoms with E-state index < -0.39 is 102 Å². The number of hydrogen-bond donors (Lipinski definition) is 8. The van der Waals surface area contributed by atoms with Crippen molar-refractivity contribution >= 4 is 134 Å². The van der Waals surface area contributed by atoms with Crippen LogP contribution in [0.15, 0.2) is 134 Å². The molecule has 0 heterocycles. The lowest BCUT2D eigenvalue weighted by atomic mass is 10.0. The number of phenolic OH excluding ortho intramolecular Hbond substituents is 2. The van der Waals surface area contributed by atoms with E-state index in [4.69, 9.17) is 25.7 Å². The predicted molar refractivity (Wildman–Crippen MR) is 239 cm³/mol. The fourth-order valence-corrected chi connectivity index (χ4v) is 9.65. The van der Waals surface area contributed by atoms with Crippen molar-refractivity contribution in [3.8, 4) is 11.5 Å². The van der Waals surface area contributed by atoms with Crippen LogP contribution < -0.4 is 5.73 Å². The Morgan fingerprint density at radius 3 is 1.90 bits per heavy atom. The van der Waals surface area contributed by atoms with Crippen molar-refractivity contribution in [1.82, 2.24) is 0 Å². The van der Waals surface area contributed by atoms with Crippen LogP contribution in [0, 0.1) is 10.1 Å². The third-order valence-electron chi connectivity index (χ3n) is 8.91. The molecule has 0 unspecified atom stereocenters. The summed E-state index contributed by atoms with van der Waals surface area (Å²) in [6.07, 6.45) is 0. The smallest absolute Gasteiger partial charge is 0.296 e. The number of nitrogens with zero attached hydrogens (tertiary/aromatic N) is 7. The normalized spacial score (nSPS) is 12.6. The lowest BCUT2D eigenvalue weighted by molar-refractivity contribution is -0.434. The number of benzene rings is 6. The second-order valence-corrected chi connectivity index (χ2v) is 19.9. The summed E-state index contributed by atoms with van der Waals surface area (Å²) in [7, 11) is -14.6. The average molecular weight is 1090 g/mol. The first kappa shape index (κ1) is 53.2. The summed E-state index contributed by atoms with van der Waals surface area (Å²) in [5.41, 5.74) is 3.31. The number of nitrogen functional groups attached to an aromatic ring is 1. The van der Waals surface area contributed by atoms with E-state index in [2.05, 4.69) is 58.8 Å². The summed E-state index contributed by atoms with van der Waals surface area (Å²) in [6, 6.07) is 14.1. The first-order valence-electron chi connectivity index (χ1n) is 18.0. The van der Waals surface area contributed by atoms with Gasteiger partial charge in [0.1, 0.15) is 38.3 Å². The molecular formula is C34H26N8O22S6. The molecule has 36 heteroatoms. The number of fused-ring (bicyclic) bond motifs is 2. The molecule has 0 amide bonds. The number of nitro benzene ring substituents is 1. The van der Waals surface area contributed by atoms with Gasteiger partial charge in [0, 0.05) is 21.7 Å². The van der Waals surface area contributed by atoms with Gasteiger partial charge in [-0.15, -0.1) is 43.7 Å². The van der Waals surface area contributed by atoms with Crippen LogP contribution in [-0.2, 0) is 62.4 Å². The van der Waals surface area contributed by atoms with Gasteiger partial charge >= 0.3 is 0 Å². The van der Waals surface area contributed by atoms with Crippen molar-refractivity contribution in [3.63, 3.8) is 0 Å². The number of rotatable bonds is 22. The van der Waals surface area contributed by atoms with Crippen molar-refractivity contribution in [2.45, 2.75) is 24.5 Å². The highest BCUT2D eigenvalue weighted by Crippen LogP contribution is 2.50. The molecule has 0 bridgehead atoms. The monoisotopic (exact) mass is 1090 g/mol. The molecule has 70 heavy (non-hydrogen) atoms. The number of anilines is 1. The molecule has 6 aromatic carbocycles. The maximum Gasteiger partial charge on any atom is 0.296 e. The Kier molecular flexibility index (Phi) is 17.3. The van der Waals surface area contributed by atoms with E-state index in [0.29, 0.717) is 18.1 Å². The minimum Gasteiger partial charge on any atom is -0.505 e. The summed E-state index contributed by atoms with van der Waals surface area (Å²) in [4.78, 5) is 7.85. The van der Waals surface area contributed by atoms with Gasteiger partial charge in [0.15, 0.2) is 27.9 Å². The highest BCUT2D eigenvalue weighted by molar-refractivity contribution is 7.95. The van der Waals surface area contributed by atoms with Gasteiger partial charge in [-0.05, 0) is 66.0 Å². The molecule has 0 aliphatic rings. The Bertz CT molecular complexity index is 3440. The van der Waals surface area contributed by atoms with Crippen LogP contribution in [-0.4, -0.2) is 77.6 Å².